The van der Waals surface area contributed by atoms with Gasteiger partial charge in [-0.3, -0.25) is 14.4 Å². The van der Waals surface area contributed by atoms with E-state index in [1.165, 1.54) is 4.90 Å². The zero-order valence-electron chi connectivity index (χ0n) is 20.6. The number of rotatable bonds is 11. The molecule has 2 heterocycles. The lowest BCUT2D eigenvalue weighted by Gasteiger charge is -2.31. The summed E-state index contributed by atoms with van der Waals surface area (Å²) in [6.07, 6.45) is 3.37. The van der Waals surface area contributed by atoms with Crippen molar-refractivity contribution in [3.8, 4) is 0 Å². The van der Waals surface area contributed by atoms with Gasteiger partial charge >= 0.3 is 5.97 Å². The molecule has 1 aromatic heterocycles. The number of nitrogens with zero attached hydrogens (tertiary/aromatic N) is 1. The Hall–Kier alpha value is -3.44. The summed E-state index contributed by atoms with van der Waals surface area (Å²) in [5, 5.41) is 25.1. The van der Waals surface area contributed by atoms with Crippen molar-refractivity contribution in [2.75, 3.05) is 13.2 Å². The zero-order chi connectivity index (χ0) is 26.4. The fourth-order valence-corrected chi connectivity index (χ4v) is 4.49. The lowest BCUT2D eigenvalue weighted by molar-refractivity contribution is -0.150. The van der Waals surface area contributed by atoms with Crippen LogP contribution in [0.25, 0.3) is 10.9 Å². The van der Waals surface area contributed by atoms with Gasteiger partial charge in [-0.05, 0) is 30.4 Å². The monoisotopic (exact) mass is 501 g/mol. The van der Waals surface area contributed by atoms with Crippen LogP contribution in [0.3, 0.4) is 0 Å². The second kappa shape index (κ2) is 12.0. The van der Waals surface area contributed by atoms with Gasteiger partial charge in [-0.1, -0.05) is 38.5 Å². The molecule has 7 N–H and O–H groups in total. The first-order chi connectivity index (χ1) is 17.2. The van der Waals surface area contributed by atoms with Crippen LogP contribution >= 0.6 is 0 Å². The van der Waals surface area contributed by atoms with Crippen LogP contribution in [-0.4, -0.2) is 81.1 Å². The molecule has 3 amide bonds. The average Bonchev–Trinajstić information content (AvgIpc) is 3.53. The van der Waals surface area contributed by atoms with Gasteiger partial charge in [-0.25, -0.2) is 4.79 Å². The number of fused-ring (bicyclic) bond motifs is 1. The molecule has 3 rings (SSSR count). The number of carboxylic acids is 1. The fraction of sp³-hybridized carbons (Fsp3) is 0.520. The topological polar surface area (TPSA) is 178 Å². The number of H-pyrrole nitrogens is 1. The minimum atomic E-state index is -1.21. The predicted octanol–water partition coefficient (Wildman–Crippen LogP) is 0.121. The number of aliphatic hydroxyl groups is 1. The van der Waals surface area contributed by atoms with Gasteiger partial charge in [-0.15, -0.1) is 0 Å². The number of para-hydroxylation sites is 1. The van der Waals surface area contributed by atoms with E-state index in [1.807, 2.05) is 38.1 Å². The van der Waals surface area contributed by atoms with Crippen LogP contribution in [0.4, 0.5) is 0 Å². The van der Waals surface area contributed by atoms with Crippen molar-refractivity contribution in [1.29, 1.82) is 0 Å². The van der Waals surface area contributed by atoms with Gasteiger partial charge in [0.1, 0.15) is 24.2 Å². The maximum atomic E-state index is 13.5. The number of amides is 3. The third kappa shape index (κ3) is 6.03. The predicted molar refractivity (Wildman–Crippen MR) is 133 cm³/mol. The molecular formula is C25H35N5O6. The lowest BCUT2D eigenvalue weighted by Crippen LogP contribution is -2.59. The molecule has 11 heteroatoms. The van der Waals surface area contributed by atoms with Gasteiger partial charge in [0.25, 0.3) is 0 Å². The molecular weight excluding hydrogens is 466 g/mol. The van der Waals surface area contributed by atoms with Gasteiger partial charge in [0.05, 0.1) is 6.61 Å². The largest absolute Gasteiger partial charge is 0.480 e. The first kappa shape index (κ1) is 27.2. The van der Waals surface area contributed by atoms with Crippen molar-refractivity contribution in [2.24, 2.45) is 11.7 Å². The molecule has 1 saturated heterocycles. The molecule has 5 unspecified atom stereocenters. The summed E-state index contributed by atoms with van der Waals surface area (Å²) in [6.45, 7) is 3.40. The molecule has 11 nitrogen and oxygen atoms in total. The van der Waals surface area contributed by atoms with E-state index in [-0.39, 0.29) is 12.3 Å². The number of hydrogen-bond acceptors (Lipinski definition) is 6. The van der Waals surface area contributed by atoms with Crippen molar-refractivity contribution in [1.82, 2.24) is 20.5 Å². The molecule has 36 heavy (non-hydrogen) atoms. The highest BCUT2D eigenvalue weighted by Gasteiger charge is 2.40. The van der Waals surface area contributed by atoms with Gasteiger partial charge in [-0.2, -0.15) is 0 Å². The van der Waals surface area contributed by atoms with E-state index in [9.17, 15) is 29.4 Å². The maximum absolute atomic E-state index is 13.5. The number of aromatic nitrogens is 1. The van der Waals surface area contributed by atoms with Crippen LogP contribution in [0.2, 0.25) is 0 Å². The number of nitrogens with one attached hydrogen (secondary N) is 3. The first-order valence-electron chi connectivity index (χ1n) is 12.2. The van der Waals surface area contributed by atoms with Crippen molar-refractivity contribution in [3.05, 3.63) is 36.0 Å². The first-order valence-corrected chi connectivity index (χ1v) is 12.2. The molecule has 1 aromatic carbocycles. The molecule has 1 aliphatic rings. The van der Waals surface area contributed by atoms with Gasteiger partial charge in [0.2, 0.25) is 17.7 Å². The van der Waals surface area contributed by atoms with Crippen molar-refractivity contribution in [2.45, 2.75) is 63.7 Å². The summed E-state index contributed by atoms with van der Waals surface area (Å²) in [6, 6.07) is 3.34. The number of nitrogens with two attached hydrogens (primary N) is 1. The van der Waals surface area contributed by atoms with Crippen LogP contribution in [-0.2, 0) is 25.6 Å². The van der Waals surface area contributed by atoms with Gasteiger partial charge < -0.3 is 36.5 Å². The van der Waals surface area contributed by atoms with E-state index in [0.29, 0.717) is 25.8 Å². The second-order valence-electron chi connectivity index (χ2n) is 9.31. The number of carbonyl (C=O) groups excluding carboxylic acids is 3. The Morgan fingerprint density at radius 2 is 1.92 bits per heavy atom. The van der Waals surface area contributed by atoms with E-state index in [2.05, 4.69) is 15.6 Å². The van der Waals surface area contributed by atoms with Crippen LogP contribution in [0, 0.1) is 5.92 Å². The molecule has 0 aliphatic carbocycles. The lowest BCUT2D eigenvalue weighted by atomic mass is 9.96. The van der Waals surface area contributed by atoms with Crippen molar-refractivity contribution < 1.29 is 29.4 Å². The number of hydrogen-bond donors (Lipinski definition) is 6. The SMILES string of the molecule is CCC(C)C(NC(=O)C(Cc1c[nH]c2ccccc12)NC(=O)C(N)CO)C(=O)N1CCCC1C(=O)O. The van der Waals surface area contributed by atoms with E-state index < -0.39 is 54.5 Å². The van der Waals surface area contributed by atoms with E-state index in [4.69, 9.17) is 5.73 Å². The summed E-state index contributed by atoms with van der Waals surface area (Å²) in [5.74, 6) is -3.09. The Labute approximate surface area is 209 Å². The third-order valence-corrected chi connectivity index (χ3v) is 6.86. The zero-order valence-corrected chi connectivity index (χ0v) is 20.6. The summed E-state index contributed by atoms with van der Waals surface area (Å²) in [7, 11) is 0. The minimum Gasteiger partial charge on any atom is -0.480 e. The van der Waals surface area contributed by atoms with Crippen molar-refractivity contribution >= 4 is 34.6 Å². The summed E-state index contributed by atoms with van der Waals surface area (Å²) in [5.41, 5.74) is 7.30. The highest BCUT2D eigenvalue weighted by Crippen LogP contribution is 2.22. The molecule has 1 aliphatic heterocycles. The molecule has 1 fully saturated rings. The fourth-order valence-electron chi connectivity index (χ4n) is 4.49. The molecule has 0 bridgehead atoms. The Bertz CT molecular complexity index is 1100. The Morgan fingerprint density at radius 3 is 2.58 bits per heavy atom. The quantitative estimate of drug-likeness (QED) is 0.253. The number of aliphatic hydroxyl groups excluding tert-OH is 1. The molecule has 0 radical (unpaired) electrons. The van der Waals surface area contributed by atoms with Gasteiger partial charge in [0.15, 0.2) is 0 Å². The van der Waals surface area contributed by atoms with Crippen LogP contribution in [0.15, 0.2) is 30.5 Å². The summed E-state index contributed by atoms with van der Waals surface area (Å²) in [4.78, 5) is 55.5. The Kier molecular flexibility index (Phi) is 9.05. The molecule has 5 atom stereocenters. The summed E-state index contributed by atoms with van der Waals surface area (Å²) < 4.78 is 0. The van der Waals surface area contributed by atoms with E-state index in [1.54, 1.807) is 6.20 Å². The maximum Gasteiger partial charge on any atom is 0.326 e. The van der Waals surface area contributed by atoms with E-state index >= 15 is 0 Å². The number of likely N-dealkylation sites (tertiary alicyclic amines) is 1. The normalized spacial score (nSPS) is 18.9. The standard InChI is InChI=1S/C25H35N5O6/c1-3-14(2)21(24(34)30-10-6-9-20(30)25(35)36)29-23(33)19(28-22(32)17(26)13-31)11-15-12-27-18-8-5-4-7-16(15)18/h4-5,7-8,12,14,17,19-21,27,31H,3,6,9-11,13,26H2,1-2H3,(H,28,32)(H,29,33)(H,35,36). The Balaban J connectivity index is 1.86. The molecule has 0 spiro atoms. The number of carbonyl (C=O) groups is 4. The number of benzene rings is 1. The van der Waals surface area contributed by atoms with Gasteiger partial charge in [0, 0.05) is 30.1 Å². The average molecular weight is 502 g/mol. The van der Waals surface area contributed by atoms with Crippen LogP contribution in [0.1, 0.15) is 38.7 Å². The highest BCUT2D eigenvalue weighted by atomic mass is 16.4. The summed E-state index contributed by atoms with van der Waals surface area (Å²) >= 11 is 0. The van der Waals surface area contributed by atoms with E-state index in [0.717, 1.165) is 16.5 Å². The second-order valence-corrected chi connectivity index (χ2v) is 9.31. The molecule has 196 valence electrons. The minimum absolute atomic E-state index is 0.114. The molecule has 2 aromatic rings. The smallest absolute Gasteiger partial charge is 0.326 e. The highest BCUT2D eigenvalue weighted by molar-refractivity contribution is 5.95. The number of aliphatic carboxylic acids is 1. The Morgan fingerprint density at radius 1 is 1.19 bits per heavy atom. The van der Waals surface area contributed by atoms with Crippen LogP contribution < -0.4 is 16.4 Å². The van der Waals surface area contributed by atoms with Crippen LogP contribution in [0.5, 0.6) is 0 Å². The number of aromatic amines is 1. The number of carboxylic acid groups (broad SMARTS) is 1. The molecule has 0 saturated carbocycles. The van der Waals surface area contributed by atoms with Crippen molar-refractivity contribution in [3.63, 3.8) is 0 Å². The third-order valence-electron chi connectivity index (χ3n) is 6.86.